The molecule has 20 heavy (non-hydrogen) atoms. The first-order valence-electron chi connectivity index (χ1n) is 6.21. The van der Waals surface area contributed by atoms with E-state index >= 15 is 0 Å². The smallest absolute Gasteiger partial charge is 0.263 e. The Kier molecular flexibility index (Phi) is 4.36. The minimum absolute atomic E-state index is 0.230. The second-order valence-electron chi connectivity index (χ2n) is 4.45. The molecule has 5 nitrogen and oxygen atoms in total. The number of aromatic nitrogens is 1. The third-order valence-electron chi connectivity index (χ3n) is 2.72. The average molecular weight is 291 g/mol. The van der Waals surface area contributed by atoms with Crippen LogP contribution in [-0.2, 0) is 16.6 Å². The number of rotatable bonds is 5. The van der Waals surface area contributed by atoms with Crippen LogP contribution in [0.3, 0.4) is 0 Å². The Morgan fingerprint density at radius 1 is 1.15 bits per heavy atom. The van der Waals surface area contributed by atoms with Gasteiger partial charge in [-0.05, 0) is 43.8 Å². The molecule has 0 aliphatic carbocycles. The monoisotopic (exact) mass is 291 g/mol. The van der Waals surface area contributed by atoms with Crippen LogP contribution in [0.4, 0.5) is 5.82 Å². The molecule has 0 atom stereocenters. The fourth-order valence-electron chi connectivity index (χ4n) is 1.82. The van der Waals surface area contributed by atoms with Gasteiger partial charge in [-0.2, -0.15) is 0 Å². The van der Waals surface area contributed by atoms with Gasteiger partial charge in [0.1, 0.15) is 5.82 Å². The van der Waals surface area contributed by atoms with Crippen LogP contribution in [0.15, 0.2) is 47.4 Å². The first-order chi connectivity index (χ1) is 9.51. The summed E-state index contributed by atoms with van der Waals surface area (Å²) in [5, 5.41) is 2.99. The third-order valence-corrected chi connectivity index (χ3v) is 4.07. The van der Waals surface area contributed by atoms with Crippen molar-refractivity contribution < 1.29 is 8.42 Å². The number of pyridine rings is 1. The van der Waals surface area contributed by atoms with Crippen LogP contribution in [0.25, 0.3) is 0 Å². The summed E-state index contributed by atoms with van der Waals surface area (Å²) in [6.45, 7) is 2.43. The lowest BCUT2D eigenvalue weighted by Gasteiger charge is -2.09. The third kappa shape index (κ3) is 3.55. The minimum Gasteiger partial charge on any atom is -0.316 e. The molecule has 1 aromatic heterocycles. The summed E-state index contributed by atoms with van der Waals surface area (Å²) in [5.41, 5.74) is 1.67. The Hall–Kier alpha value is -1.92. The zero-order valence-electron chi connectivity index (χ0n) is 11.4. The molecule has 0 amide bonds. The van der Waals surface area contributed by atoms with E-state index in [0.29, 0.717) is 12.4 Å². The van der Waals surface area contributed by atoms with Crippen molar-refractivity contribution in [3.63, 3.8) is 0 Å². The number of sulfonamides is 1. The fraction of sp³-hybridized carbons (Fsp3) is 0.214. The number of aryl methyl sites for hydroxylation is 1. The summed E-state index contributed by atoms with van der Waals surface area (Å²) in [6, 6.07) is 12.0. The van der Waals surface area contributed by atoms with E-state index in [0.717, 1.165) is 11.3 Å². The molecule has 2 N–H and O–H groups in total. The molecule has 0 radical (unpaired) electrons. The van der Waals surface area contributed by atoms with Gasteiger partial charge < -0.3 is 5.32 Å². The van der Waals surface area contributed by atoms with Crippen molar-refractivity contribution in [2.24, 2.45) is 0 Å². The highest BCUT2D eigenvalue weighted by molar-refractivity contribution is 7.92. The Morgan fingerprint density at radius 2 is 1.90 bits per heavy atom. The number of nitrogens with zero attached hydrogens (tertiary/aromatic N) is 1. The molecule has 0 saturated heterocycles. The summed E-state index contributed by atoms with van der Waals surface area (Å²) < 4.78 is 27.1. The van der Waals surface area contributed by atoms with Crippen LogP contribution in [0.1, 0.15) is 11.3 Å². The van der Waals surface area contributed by atoms with Gasteiger partial charge in [-0.15, -0.1) is 0 Å². The zero-order valence-corrected chi connectivity index (χ0v) is 12.2. The molecule has 2 aromatic rings. The van der Waals surface area contributed by atoms with Gasteiger partial charge >= 0.3 is 0 Å². The molecular formula is C14H17N3O2S. The number of anilines is 1. The molecule has 2 rings (SSSR count). The van der Waals surface area contributed by atoms with Crippen LogP contribution in [0, 0.1) is 6.92 Å². The summed E-state index contributed by atoms with van der Waals surface area (Å²) in [6.07, 6.45) is 0. The Balaban J connectivity index is 2.28. The van der Waals surface area contributed by atoms with Crippen molar-refractivity contribution in [3.05, 3.63) is 53.7 Å². The first kappa shape index (κ1) is 14.5. The topological polar surface area (TPSA) is 71.1 Å². The van der Waals surface area contributed by atoms with Crippen LogP contribution >= 0.6 is 0 Å². The van der Waals surface area contributed by atoms with Gasteiger partial charge in [0.05, 0.1) is 4.90 Å². The van der Waals surface area contributed by atoms with Crippen LogP contribution < -0.4 is 10.0 Å². The lowest BCUT2D eigenvalue weighted by molar-refractivity contribution is 0.601. The predicted molar refractivity (Wildman–Crippen MR) is 79.0 cm³/mol. The van der Waals surface area contributed by atoms with Crippen molar-refractivity contribution >= 4 is 15.8 Å². The van der Waals surface area contributed by atoms with Crippen LogP contribution in [0.5, 0.6) is 0 Å². The first-order valence-corrected chi connectivity index (χ1v) is 7.69. The van der Waals surface area contributed by atoms with Crippen molar-refractivity contribution in [1.82, 2.24) is 10.3 Å². The number of benzene rings is 1. The zero-order chi connectivity index (χ0) is 14.6. The van der Waals surface area contributed by atoms with E-state index in [9.17, 15) is 8.42 Å². The molecule has 0 bridgehead atoms. The van der Waals surface area contributed by atoms with Crippen LogP contribution in [0.2, 0.25) is 0 Å². The highest BCUT2D eigenvalue weighted by atomic mass is 32.2. The van der Waals surface area contributed by atoms with Crippen molar-refractivity contribution in [2.45, 2.75) is 18.4 Å². The normalized spacial score (nSPS) is 11.3. The molecule has 0 spiro atoms. The number of hydrogen-bond donors (Lipinski definition) is 2. The second-order valence-corrected chi connectivity index (χ2v) is 6.13. The maximum atomic E-state index is 12.3. The van der Waals surface area contributed by atoms with E-state index in [1.54, 1.807) is 30.3 Å². The van der Waals surface area contributed by atoms with E-state index in [4.69, 9.17) is 0 Å². The highest BCUT2D eigenvalue weighted by Crippen LogP contribution is 2.16. The Labute approximate surface area is 119 Å². The van der Waals surface area contributed by atoms with Crippen molar-refractivity contribution in [3.8, 4) is 0 Å². The molecule has 0 saturated carbocycles. The number of hydrogen-bond acceptors (Lipinski definition) is 4. The SMILES string of the molecule is CNCc1cccc(S(=O)(=O)Nc2cccc(C)n2)c1. The highest BCUT2D eigenvalue weighted by Gasteiger charge is 2.15. The molecule has 6 heteroatoms. The van der Waals surface area contributed by atoms with E-state index in [2.05, 4.69) is 15.0 Å². The van der Waals surface area contributed by atoms with Gasteiger partial charge in [-0.25, -0.2) is 13.4 Å². The van der Waals surface area contributed by atoms with E-state index in [1.165, 1.54) is 0 Å². The maximum absolute atomic E-state index is 12.3. The van der Waals surface area contributed by atoms with Crippen LogP contribution in [-0.4, -0.2) is 20.4 Å². The lowest BCUT2D eigenvalue weighted by atomic mass is 10.2. The minimum atomic E-state index is -3.61. The molecular weight excluding hydrogens is 274 g/mol. The molecule has 106 valence electrons. The fourth-order valence-corrected chi connectivity index (χ4v) is 2.89. The standard InChI is InChI=1S/C14H17N3O2S/c1-11-5-3-8-14(16-11)17-20(18,19)13-7-4-6-12(9-13)10-15-2/h3-9,15H,10H2,1-2H3,(H,16,17). The van der Waals surface area contributed by atoms with E-state index < -0.39 is 10.0 Å². The van der Waals surface area contributed by atoms with Gasteiger partial charge in [-0.1, -0.05) is 18.2 Å². The maximum Gasteiger partial charge on any atom is 0.263 e. The summed E-state index contributed by atoms with van der Waals surface area (Å²) in [4.78, 5) is 4.37. The quantitative estimate of drug-likeness (QED) is 0.883. The Bertz CT molecular complexity index is 699. The van der Waals surface area contributed by atoms with E-state index in [1.807, 2.05) is 26.1 Å². The van der Waals surface area contributed by atoms with Gasteiger partial charge in [0.2, 0.25) is 0 Å². The number of nitrogens with one attached hydrogen (secondary N) is 2. The summed E-state index contributed by atoms with van der Waals surface area (Å²) >= 11 is 0. The molecule has 0 unspecified atom stereocenters. The van der Waals surface area contributed by atoms with Crippen molar-refractivity contribution in [1.29, 1.82) is 0 Å². The molecule has 1 aromatic carbocycles. The molecule has 0 fully saturated rings. The van der Waals surface area contributed by atoms with Crippen molar-refractivity contribution in [2.75, 3.05) is 11.8 Å². The van der Waals surface area contributed by atoms with E-state index in [-0.39, 0.29) is 4.90 Å². The molecule has 1 heterocycles. The van der Waals surface area contributed by atoms with Gasteiger partial charge in [0, 0.05) is 12.2 Å². The van der Waals surface area contributed by atoms with Gasteiger partial charge in [0.25, 0.3) is 10.0 Å². The lowest BCUT2D eigenvalue weighted by Crippen LogP contribution is -2.15. The molecule has 0 aliphatic rings. The average Bonchev–Trinajstić information content (AvgIpc) is 2.39. The molecule has 0 aliphatic heterocycles. The largest absolute Gasteiger partial charge is 0.316 e. The second kappa shape index (κ2) is 6.02. The Morgan fingerprint density at radius 3 is 2.60 bits per heavy atom. The van der Waals surface area contributed by atoms with Gasteiger partial charge in [-0.3, -0.25) is 4.72 Å². The summed E-state index contributed by atoms with van der Waals surface area (Å²) in [5.74, 6) is 0.323. The predicted octanol–water partition coefficient (Wildman–Crippen LogP) is 1.91. The summed E-state index contributed by atoms with van der Waals surface area (Å²) in [7, 11) is -1.80. The van der Waals surface area contributed by atoms with Gasteiger partial charge in [0.15, 0.2) is 0 Å².